The predicted octanol–water partition coefficient (Wildman–Crippen LogP) is 5.35. The van der Waals surface area contributed by atoms with Crippen LogP contribution >= 0.6 is 23.2 Å². The quantitative estimate of drug-likeness (QED) is 0.563. The van der Waals surface area contributed by atoms with Gasteiger partial charge < -0.3 is 14.4 Å². The summed E-state index contributed by atoms with van der Waals surface area (Å²) in [5, 5.41) is 0.695. The molecule has 0 aromatic heterocycles. The molecule has 0 bridgehead atoms. The summed E-state index contributed by atoms with van der Waals surface area (Å²) < 4.78 is 24.6. The standard InChI is InChI=1S/C21H20Cl2FNO3/c1-27-19-11-13(10-17(23)21(19)28-2)6-9-20(26)25(14-7-8-14)12-15-16(22)4-3-5-18(15)24/h3-6,9-11,14H,7-8,12H2,1-2H3. The number of halogens is 3. The fourth-order valence-electron chi connectivity index (χ4n) is 2.92. The Labute approximate surface area is 173 Å². The molecule has 1 amide bonds. The Balaban J connectivity index is 1.81. The second-order valence-corrected chi connectivity index (χ2v) is 7.28. The fraction of sp³-hybridized carbons (Fsp3) is 0.286. The molecule has 0 radical (unpaired) electrons. The Kier molecular flexibility index (Phi) is 6.47. The van der Waals surface area contributed by atoms with Crippen LogP contribution in [-0.4, -0.2) is 31.1 Å². The highest BCUT2D eigenvalue weighted by Gasteiger charge is 2.32. The number of rotatable bonds is 7. The van der Waals surface area contributed by atoms with E-state index >= 15 is 0 Å². The van der Waals surface area contributed by atoms with E-state index in [-0.39, 0.29) is 18.5 Å². The van der Waals surface area contributed by atoms with Gasteiger partial charge in [0.25, 0.3) is 0 Å². The Morgan fingerprint density at radius 2 is 1.96 bits per heavy atom. The molecule has 1 saturated carbocycles. The average molecular weight is 424 g/mol. The zero-order valence-corrected chi connectivity index (χ0v) is 17.1. The maximum absolute atomic E-state index is 14.1. The molecule has 0 N–H and O–H groups in total. The normalized spacial score (nSPS) is 13.6. The van der Waals surface area contributed by atoms with Crippen LogP contribution in [0.4, 0.5) is 4.39 Å². The van der Waals surface area contributed by atoms with Gasteiger partial charge in [-0.3, -0.25) is 4.79 Å². The lowest BCUT2D eigenvalue weighted by Crippen LogP contribution is -2.31. The van der Waals surface area contributed by atoms with Crippen LogP contribution in [0, 0.1) is 5.82 Å². The topological polar surface area (TPSA) is 38.8 Å². The number of carbonyl (C=O) groups excluding carboxylic acids is 1. The van der Waals surface area contributed by atoms with Crippen molar-refractivity contribution in [2.75, 3.05) is 14.2 Å². The molecule has 0 unspecified atom stereocenters. The van der Waals surface area contributed by atoms with Crippen LogP contribution < -0.4 is 9.47 Å². The van der Waals surface area contributed by atoms with Crippen molar-refractivity contribution in [3.8, 4) is 11.5 Å². The van der Waals surface area contributed by atoms with Gasteiger partial charge in [-0.05, 0) is 48.7 Å². The number of hydrogen-bond donors (Lipinski definition) is 0. The van der Waals surface area contributed by atoms with Crippen molar-refractivity contribution in [3.63, 3.8) is 0 Å². The summed E-state index contributed by atoms with van der Waals surface area (Å²) in [5.41, 5.74) is 1.02. The summed E-state index contributed by atoms with van der Waals surface area (Å²) >= 11 is 12.3. The van der Waals surface area contributed by atoms with Gasteiger partial charge in [0.05, 0.1) is 25.8 Å². The lowest BCUT2D eigenvalue weighted by molar-refractivity contribution is -0.127. The second kappa shape index (κ2) is 8.84. The summed E-state index contributed by atoms with van der Waals surface area (Å²) in [6, 6.07) is 8.02. The van der Waals surface area contributed by atoms with Gasteiger partial charge in [-0.2, -0.15) is 0 Å². The second-order valence-electron chi connectivity index (χ2n) is 6.47. The highest BCUT2D eigenvalue weighted by atomic mass is 35.5. The molecule has 0 aliphatic heterocycles. The Morgan fingerprint density at radius 1 is 1.21 bits per heavy atom. The van der Waals surface area contributed by atoms with Gasteiger partial charge in [0.2, 0.25) is 5.91 Å². The van der Waals surface area contributed by atoms with E-state index in [1.807, 2.05) is 0 Å². The smallest absolute Gasteiger partial charge is 0.247 e. The molecule has 4 nitrogen and oxygen atoms in total. The number of ether oxygens (including phenoxy) is 2. The molecule has 0 saturated heterocycles. The first-order valence-corrected chi connectivity index (χ1v) is 9.53. The monoisotopic (exact) mass is 423 g/mol. The summed E-state index contributed by atoms with van der Waals surface area (Å²) in [6.45, 7) is 0.131. The molecule has 28 heavy (non-hydrogen) atoms. The maximum atomic E-state index is 14.1. The van der Waals surface area contributed by atoms with Gasteiger partial charge >= 0.3 is 0 Å². The third kappa shape index (κ3) is 4.59. The zero-order valence-electron chi connectivity index (χ0n) is 15.5. The van der Waals surface area contributed by atoms with E-state index in [1.165, 1.54) is 26.4 Å². The largest absolute Gasteiger partial charge is 0.493 e. The summed E-state index contributed by atoms with van der Waals surface area (Å²) in [5.74, 6) is 0.273. The number of nitrogens with zero attached hydrogens (tertiary/aromatic N) is 1. The lowest BCUT2D eigenvalue weighted by atomic mass is 10.1. The molecular weight excluding hydrogens is 404 g/mol. The number of hydrogen-bond acceptors (Lipinski definition) is 3. The molecule has 1 fully saturated rings. The minimum atomic E-state index is -0.415. The van der Waals surface area contributed by atoms with Crippen LogP contribution in [0.2, 0.25) is 10.0 Å². The zero-order chi connectivity index (χ0) is 20.3. The molecule has 2 aromatic carbocycles. The van der Waals surface area contributed by atoms with E-state index in [9.17, 15) is 9.18 Å². The third-order valence-corrected chi connectivity index (χ3v) is 5.17. The van der Waals surface area contributed by atoms with Gasteiger partial charge in [0, 0.05) is 22.7 Å². The molecule has 7 heteroatoms. The lowest BCUT2D eigenvalue weighted by Gasteiger charge is -2.22. The molecule has 3 rings (SSSR count). The highest BCUT2D eigenvalue weighted by molar-refractivity contribution is 6.32. The van der Waals surface area contributed by atoms with Crippen molar-refractivity contribution in [1.29, 1.82) is 0 Å². The molecule has 1 aliphatic rings. The van der Waals surface area contributed by atoms with Crippen LogP contribution in [0.25, 0.3) is 6.08 Å². The Bertz CT molecular complexity index is 893. The molecule has 0 spiro atoms. The van der Waals surface area contributed by atoms with E-state index in [1.54, 1.807) is 35.2 Å². The van der Waals surface area contributed by atoms with Crippen molar-refractivity contribution < 1.29 is 18.7 Å². The van der Waals surface area contributed by atoms with E-state index in [4.69, 9.17) is 32.7 Å². The minimum absolute atomic E-state index is 0.0989. The first-order valence-electron chi connectivity index (χ1n) is 8.77. The molecule has 0 heterocycles. The summed E-state index contributed by atoms with van der Waals surface area (Å²) in [6.07, 6.45) is 4.89. The van der Waals surface area contributed by atoms with Gasteiger partial charge in [0.15, 0.2) is 11.5 Å². The molecular formula is C21H20Cl2FNO3. The number of carbonyl (C=O) groups is 1. The fourth-order valence-corrected chi connectivity index (χ4v) is 3.44. The predicted molar refractivity (Wildman–Crippen MR) is 109 cm³/mol. The molecule has 0 atom stereocenters. The van der Waals surface area contributed by atoms with Crippen LogP contribution in [0.15, 0.2) is 36.4 Å². The van der Waals surface area contributed by atoms with Gasteiger partial charge in [0.1, 0.15) is 5.82 Å². The number of methoxy groups -OCH3 is 2. The van der Waals surface area contributed by atoms with Crippen molar-refractivity contribution >= 4 is 35.2 Å². The Morgan fingerprint density at radius 3 is 2.57 bits per heavy atom. The van der Waals surface area contributed by atoms with Gasteiger partial charge in [-0.1, -0.05) is 29.3 Å². The Hall–Kier alpha value is -2.24. The van der Waals surface area contributed by atoms with E-state index in [0.29, 0.717) is 32.7 Å². The van der Waals surface area contributed by atoms with Crippen molar-refractivity contribution in [2.45, 2.75) is 25.4 Å². The van der Waals surface area contributed by atoms with Crippen molar-refractivity contribution in [2.24, 2.45) is 0 Å². The van der Waals surface area contributed by atoms with Crippen molar-refractivity contribution in [1.82, 2.24) is 4.90 Å². The van der Waals surface area contributed by atoms with Crippen LogP contribution in [-0.2, 0) is 11.3 Å². The van der Waals surface area contributed by atoms with E-state index < -0.39 is 5.82 Å². The summed E-state index contributed by atoms with van der Waals surface area (Å²) in [4.78, 5) is 14.4. The molecule has 2 aromatic rings. The van der Waals surface area contributed by atoms with Gasteiger partial charge in [-0.25, -0.2) is 4.39 Å². The number of amides is 1. The first-order chi connectivity index (χ1) is 13.4. The molecule has 148 valence electrons. The van der Waals surface area contributed by atoms with Crippen LogP contribution in [0.1, 0.15) is 24.0 Å². The minimum Gasteiger partial charge on any atom is -0.493 e. The molecule has 1 aliphatic carbocycles. The average Bonchev–Trinajstić information content (AvgIpc) is 3.50. The van der Waals surface area contributed by atoms with E-state index in [2.05, 4.69) is 0 Å². The van der Waals surface area contributed by atoms with Crippen LogP contribution in [0.5, 0.6) is 11.5 Å². The number of benzene rings is 2. The van der Waals surface area contributed by atoms with E-state index in [0.717, 1.165) is 12.8 Å². The SMILES string of the molecule is COc1cc(C=CC(=O)N(Cc2c(F)cccc2Cl)C2CC2)cc(Cl)c1OC. The maximum Gasteiger partial charge on any atom is 0.247 e. The first kappa shape index (κ1) is 20.5. The van der Waals surface area contributed by atoms with Gasteiger partial charge in [-0.15, -0.1) is 0 Å². The third-order valence-electron chi connectivity index (χ3n) is 4.54. The highest BCUT2D eigenvalue weighted by Crippen LogP contribution is 2.36. The summed E-state index contributed by atoms with van der Waals surface area (Å²) in [7, 11) is 3.02. The van der Waals surface area contributed by atoms with Crippen molar-refractivity contribution in [3.05, 3.63) is 63.4 Å². The van der Waals surface area contributed by atoms with Crippen LogP contribution in [0.3, 0.4) is 0 Å².